The molecule has 0 amide bonds. The third-order valence-corrected chi connectivity index (χ3v) is 2.81. The second-order valence-electron chi connectivity index (χ2n) is 4.23. The molecule has 0 spiro atoms. The van der Waals surface area contributed by atoms with E-state index in [4.69, 9.17) is 11.6 Å². The molecule has 0 heterocycles. The van der Waals surface area contributed by atoms with E-state index in [0.29, 0.717) is 11.5 Å². The van der Waals surface area contributed by atoms with Crippen LogP contribution < -0.4 is 5.32 Å². The molecule has 1 N–H and O–H groups in total. The Morgan fingerprint density at radius 3 is 2.88 bits per heavy atom. The zero-order valence-electron chi connectivity index (χ0n) is 9.89. The first-order chi connectivity index (χ1) is 7.65. The molecule has 1 aromatic rings. The van der Waals surface area contributed by atoms with Crippen LogP contribution in [0.2, 0.25) is 5.02 Å². The van der Waals surface area contributed by atoms with E-state index >= 15 is 0 Å². The first-order valence-corrected chi connectivity index (χ1v) is 6.16. The predicted octanol–water partition coefficient (Wildman–Crippen LogP) is 3.66. The molecule has 90 valence electrons. The Bertz CT molecular complexity index is 328. The first-order valence-electron chi connectivity index (χ1n) is 5.78. The van der Waals surface area contributed by atoms with E-state index in [-0.39, 0.29) is 10.8 Å². The number of hydrogen-bond donors (Lipinski definition) is 1. The highest BCUT2D eigenvalue weighted by atomic mass is 35.5. The van der Waals surface area contributed by atoms with Gasteiger partial charge in [0.1, 0.15) is 5.82 Å². The lowest BCUT2D eigenvalue weighted by molar-refractivity contribution is 0.497. The predicted molar refractivity (Wildman–Crippen MR) is 67.4 cm³/mol. The van der Waals surface area contributed by atoms with Gasteiger partial charge in [0.15, 0.2) is 0 Å². The van der Waals surface area contributed by atoms with E-state index in [1.165, 1.54) is 0 Å². The maximum Gasteiger partial charge on any atom is 0.144 e. The maximum absolute atomic E-state index is 13.6. The van der Waals surface area contributed by atoms with Crippen molar-refractivity contribution in [2.75, 3.05) is 13.1 Å². The van der Waals surface area contributed by atoms with Crippen LogP contribution in [0.4, 0.5) is 4.39 Å². The molecular formula is C13H19ClFN. The van der Waals surface area contributed by atoms with Gasteiger partial charge in [-0.15, -0.1) is 0 Å². The van der Waals surface area contributed by atoms with Gasteiger partial charge in [0.25, 0.3) is 0 Å². The Hall–Kier alpha value is -0.600. The highest BCUT2D eigenvalue weighted by Crippen LogP contribution is 2.20. The molecule has 1 aromatic carbocycles. The van der Waals surface area contributed by atoms with Crippen LogP contribution in [0.5, 0.6) is 0 Å². The summed E-state index contributed by atoms with van der Waals surface area (Å²) in [5.74, 6) is 0.144. The van der Waals surface area contributed by atoms with E-state index in [9.17, 15) is 4.39 Å². The van der Waals surface area contributed by atoms with Crippen LogP contribution in [0, 0.1) is 11.7 Å². The molecule has 0 radical (unpaired) electrons. The Kier molecular flexibility index (Phi) is 5.78. The summed E-state index contributed by atoms with van der Waals surface area (Å²) in [7, 11) is 0. The van der Waals surface area contributed by atoms with E-state index in [0.717, 1.165) is 25.9 Å². The zero-order valence-corrected chi connectivity index (χ0v) is 10.6. The lowest BCUT2D eigenvalue weighted by Crippen LogP contribution is -2.23. The molecular weight excluding hydrogens is 225 g/mol. The quantitative estimate of drug-likeness (QED) is 0.752. The van der Waals surface area contributed by atoms with E-state index in [1.807, 2.05) is 0 Å². The molecule has 1 atom stereocenters. The summed E-state index contributed by atoms with van der Waals surface area (Å²) >= 11 is 5.73. The van der Waals surface area contributed by atoms with Gasteiger partial charge in [-0.1, -0.05) is 37.6 Å². The Morgan fingerprint density at radius 2 is 2.19 bits per heavy atom. The van der Waals surface area contributed by atoms with Crippen molar-refractivity contribution in [3.05, 3.63) is 34.6 Å². The summed E-state index contributed by atoms with van der Waals surface area (Å²) in [6.07, 6.45) is 1.85. The molecule has 0 bridgehead atoms. The van der Waals surface area contributed by atoms with Crippen LogP contribution in [-0.4, -0.2) is 13.1 Å². The van der Waals surface area contributed by atoms with Crippen LogP contribution in [0.3, 0.4) is 0 Å². The molecule has 3 heteroatoms. The molecule has 1 nitrogen and oxygen atoms in total. The second-order valence-corrected chi connectivity index (χ2v) is 4.63. The maximum atomic E-state index is 13.6. The Balaban J connectivity index is 2.49. The van der Waals surface area contributed by atoms with E-state index in [2.05, 4.69) is 19.2 Å². The van der Waals surface area contributed by atoms with E-state index < -0.39 is 0 Å². The SMILES string of the molecule is CCCNCC(C)Cc1cccc(Cl)c1F. The molecule has 0 fully saturated rings. The van der Waals surface area contributed by atoms with Gasteiger partial charge >= 0.3 is 0 Å². The summed E-state index contributed by atoms with van der Waals surface area (Å²) in [5.41, 5.74) is 0.707. The summed E-state index contributed by atoms with van der Waals surface area (Å²) in [6.45, 7) is 6.18. The Labute approximate surface area is 102 Å². The fourth-order valence-electron chi connectivity index (χ4n) is 1.68. The van der Waals surface area contributed by atoms with Crippen molar-refractivity contribution in [2.45, 2.75) is 26.7 Å². The number of halogens is 2. The molecule has 0 saturated heterocycles. The minimum absolute atomic E-state index is 0.214. The number of benzene rings is 1. The van der Waals surface area contributed by atoms with Crippen molar-refractivity contribution in [2.24, 2.45) is 5.92 Å². The monoisotopic (exact) mass is 243 g/mol. The van der Waals surface area contributed by atoms with Crippen molar-refractivity contribution < 1.29 is 4.39 Å². The largest absolute Gasteiger partial charge is 0.316 e. The molecule has 16 heavy (non-hydrogen) atoms. The van der Waals surface area contributed by atoms with Gasteiger partial charge < -0.3 is 5.32 Å². The van der Waals surface area contributed by atoms with Crippen LogP contribution in [-0.2, 0) is 6.42 Å². The van der Waals surface area contributed by atoms with Gasteiger partial charge in [-0.3, -0.25) is 0 Å². The van der Waals surface area contributed by atoms with Gasteiger partial charge in [-0.05, 0) is 43.5 Å². The van der Waals surface area contributed by atoms with Crippen LogP contribution in [0.15, 0.2) is 18.2 Å². The average Bonchev–Trinajstić information content (AvgIpc) is 2.25. The second kappa shape index (κ2) is 6.87. The highest BCUT2D eigenvalue weighted by molar-refractivity contribution is 6.30. The highest BCUT2D eigenvalue weighted by Gasteiger charge is 2.09. The number of rotatable bonds is 6. The van der Waals surface area contributed by atoms with Gasteiger partial charge in [0.2, 0.25) is 0 Å². The fourth-order valence-corrected chi connectivity index (χ4v) is 1.87. The molecule has 1 rings (SSSR count). The number of nitrogens with one attached hydrogen (secondary N) is 1. The van der Waals surface area contributed by atoms with Crippen molar-refractivity contribution in [1.29, 1.82) is 0 Å². The van der Waals surface area contributed by atoms with Crippen molar-refractivity contribution in [3.63, 3.8) is 0 Å². The van der Waals surface area contributed by atoms with Crippen LogP contribution in [0.25, 0.3) is 0 Å². The van der Waals surface area contributed by atoms with Crippen molar-refractivity contribution in [1.82, 2.24) is 5.32 Å². The summed E-state index contributed by atoms with van der Waals surface area (Å²) in [5, 5.41) is 3.55. The minimum atomic E-state index is -0.272. The zero-order chi connectivity index (χ0) is 12.0. The van der Waals surface area contributed by atoms with Gasteiger partial charge in [-0.2, -0.15) is 0 Å². The summed E-state index contributed by atoms with van der Waals surface area (Å²) in [4.78, 5) is 0. The smallest absolute Gasteiger partial charge is 0.144 e. The minimum Gasteiger partial charge on any atom is -0.316 e. The molecule has 0 aliphatic rings. The average molecular weight is 244 g/mol. The normalized spacial score (nSPS) is 12.8. The van der Waals surface area contributed by atoms with Crippen LogP contribution >= 0.6 is 11.6 Å². The third-order valence-electron chi connectivity index (χ3n) is 2.52. The fraction of sp³-hybridized carbons (Fsp3) is 0.538. The summed E-state index contributed by atoms with van der Waals surface area (Å²) in [6, 6.07) is 5.19. The van der Waals surface area contributed by atoms with Gasteiger partial charge in [0.05, 0.1) is 5.02 Å². The Morgan fingerprint density at radius 1 is 1.44 bits per heavy atom. The topological polar surface area (TPSA) is 12.0 Å². The lowest BCUT2D eigenvalue weighted by atomic mass is 10.0. The molecule has 0 aliphatic heterocycles. The van der Waals surface area contributed by atoms with Crippen LogP contribution in [0.1, 0.15) is 25.8 Å². The molecule has 0 aromatic heterocycles. The van der Waals surface area contributed by atoms with Gasteiger partial charge in [0, 0.05) is 0 Å². The van der Waals surface area contributed by atoms with Gasteiger partial charge in [-0.25, -0.2) is 4.39 Å². The number of hydrogen-bond acceptors (Lipinski definition) is 1. The van der Waals surface area contributed by atoms with Crippen molar-refractivity contribution >= 4 is 11.6 Å². The van der Waals surface area contributed by atoms with E-state index in [1.54, 1.807) is 18.2 Å². The third kappa shape index (κ3) is 4.11. The molecule has 0 saturated carbocycles. The summed E-state index contributed by atoms with van der Waals surface area (Å²) < 4.78 is 13.6. The van der Waals surface area contributed by atoms with Crippen molar-refractivity contribution in [3.8, 4) is 0 Å². The molecule has 0 aliphatic carbocycles. The first kappa shape index (κ1) is 13.5. The molecule has 1 unspecified atom stereocenters. The standard InChI is InChI=1S/C13H19ClFN/c1-3-7-16-9-10(2)8-11-5-4-6-12(14)13(11)15/h4-6,10,16H,3,7-9H2,1-2H3. The lowest BCUT2D eigenvalue weighted by Gasteiger charge is -2.13.